The van der Waals surface area contributed by atoms with Gasteiger partial charge in [0.25, 0.3) is 5.91 Å². The molecule has 0 unspecified atom stereocenters. The van der Waals surface area contributed by atoms with Crippen LogP contribution in [-0.4, -0.2) is 44.6 Å². The number of rotatable bonds is 4. The molecule has 5 rings (SSSR count). The van der Waals surface area contributed by atoms with E-state index in [-0.39, 0.29) is 30.1 Å². The molecule has 2 aliphatic rings. The maximum absolute atomic E-state index is 12.8. The third kappa shape index (κ3) is 3.72. The lowest BCUT2D eigenvalue weighted by molar-refractivity contribution is 0.0663. The number of cyclic esters (lactones) is 1. The number of amides is 2. The minimum absolute atomic E-state index is 0.0637. The van der Waals surface area contributed by atoms with E-state index in [1.165, 1.54) is 0 Å². The average molecular weight is 433 g/mol. The van der Waals surface area contributed by atoms with E-state index in [0.29, 0.717) is 5.82 Å². The summed E-state index contributed by atoms with van der Waals surface area (Å²) in [5.74, 6) is 0.149. The number of H-pyrrole nitrogens is 1. The minimum Gasteiger partial charge on any atom is -0.441 e. The Bertz CT molecular complexity index is 1100. The molecule has 1 aromatic heterocycles. The standard InChI is InChI=1S/C25H28N4O3/c1-25(2)21(16-8-4-3-5-9-16)29(24(31)32-25)18-14-12-17(13-15-18)26-23(30)22-27-19-10-6-7-11-20(19)28-22/h3-11,17-18,21H,12-15H2,1-2H3,(H,26,30)(H,27,28)/t17?,18?,21-/m0/s1. The molecule has 0 radical (unpaired) electrons. The molecular weight excluding hydrogens is 404 g/mol. The second kappa shape index (κ2) is 7.97. The number of hydrogen-bond acceptors (Lipinski definition) is 4. The third-order valence-corrected chi connectivity index (χ3v) is 6.64. The van der Waals surface area contributed by atoms with Crippen molar-refractivity contribution in [3.63, 3.8) is 0 Å². The molecule has 2 fully saturated rings. The molecule has 1 saturated carbocycles. The number of benzene rings is 2. The maximum Gasteiger partial charge on any atom is 0.411 e. The van der Waals surface area contributed by atoms with Crippen molar-refractivity contribution in [1.29, 1.82) is 0 Å². The molecule has 2 aromatic carbocycles. The average Bonchev–Trinajstić information content (AvgIpc) is 3.32. The van der Waals surface area contributed by atoms with Crippen molar-refractivity contribution in [3.05, 3.63) is 66.0 Å². The van der Waals surface area contributed by atoms with Gasteiger partial charge in [0.1, 0.15) is 5.60 Å². The van der Waals surface area contributed by atoms with Gasteiger partial charge in [-0.15, -0.1) is 0 Å². The van der Waals surface area contributed by atoms with Crippen molar-refractivity contribution >= 4 is 23.0 Å². The SMILES string of the molecule is CC1(C)OC(=O)N(C2CCC(NC(=O)c3nc4ccccc4[nH]3)CC2)[C@H]1c1ccccc1. The van der Waals surface area contributed by atoms with E-state index in [1.54, 1.807) is 0 Å². The highest BCUT2D eigenvalue weighted by Gasteiger charge is 2.51. The quantitative estimate of drug-likeness (QED) is 0.632. The van der Waals surface area contributed by atoms with Crippen molar-refractivity contribution in [2.24, 2.45) is 0 Å². The Labute approximate surface area is 187 Å². The topological polar surface area (TPSA) is 87.3 Å². The van der Waals surface area contributed by atoms with Crippen LogP contribution in [0.15, 0.2) is 54.6 Å². The lowest BCUT2D eigenvalue weighted by Crippen LogP contribution is -2.46. The fraction of sp³-hybridized carbons (Fsp3) is 0.400. The first-order valence-corrected chi connectivity index (χ1v) is 11.2. The normalized spacial score (nSPS) is 25.0. The lowest BCUT2D eigenvalue weighted by Gasteiger charge is -2.38. The van der Waals surface area contributed by atoms with E-state index in [9.17, 15) is 9.59 Å². The number of nitrogens with one attached hydrogen (secondary N) is 2. The number of nitrogens with zero attached hydrogens (tertiary/aromatic N) is 2. The molecule has 7 nitrogen and oxygen atoms in total. The Hall–Kier alpha value is -3.35. The Morgan fingerprint density at radius 2 is 1.75 bits per heavy atom. The lowest BCUT2D eigenvalue weighted by atomic mass is 9.86. The zero-order valence-electron chi connectivity index (χ0n) is 18.4. The number of aromatic amines is 1. The van der Waals surface area contributed by atoms with Crippen molar-refractivity contribution < 1.29 is 14.3 Å². The Morgan fingerprint density at radius 3 is 2.47 bits per heavy atom. The molecule has 1 aliphatic heterocycles. The van der Waals surface area contributed by atoms with Crippen LogP contribution in [0.25, 0.3) is 11.0 Å². The number of hydrogen-bond donors (Lipinski definition) is 2. The number of aromatic nitrogens is 2. The van der Waals surface area contributed by atoms with Crippen LogP contribution in [0.2, 0.25) is 0 Å². The smallest absolute Gasteiger partial charge is 0.411 e. The van der Waals surface area contributed by atoms with Gasteiger partial charge in [-0.05, 0) is 57.2 Å². The van der Waals surface area contributed by atoms with Crippen LogP contribution in [0.5, 0.6) is 0 Å². The third-order valence-electron chi connectivity index (χ3n) is 6.64. The van der Waals surface area contributed by atoms with Gasteiger partial charge in [-0.1, -0.05) is 42.5 Å². The van der Waals surface area contributed by atoms with Crippen LogP contribution >= 0.6 is 0 Å². The molecule has 166 valence electrons. The number of ether oxygens (including phenoxy) is 1. The molecular formula is C25H28N4O3. The Morgan fingerprint density at radius 1 is 1.06 bits per heavy atom. The molecule has 2 heterocycles. The largest absolute Gasteiger partial charge is 0.441 e. The summed E-state index contributed by atoms with van der Waals surface area (Å²) in [6.07, 6.45) is 3.00. The fourth-order valence-corrected chi connectivity index (χ4v) is 5.14. The predicted octanol–water partition coefficient (Wildman–Crippen LogP) is 4.58. The minimum atomic E-state index is -0.592. The second-order valence-corrected chi connectivity index (χ2v) is 9.27. The molecule has 1 atom stereocenters. The van der Waals surface area contributed by atoms with E-state index in [4.69, 9.17) is 4.74 Å². The molecule has 1 saturated heterocycles. The van der Waals surface area contributed by atoms with Gasteiger partial charge in [0.15, 0.2) is 5.82 Å². The summed E-state index contributed by atoms with van der Waals surface area (Å²) in [5, 5.41) is 3.11. The maximum atomic E-state index is 12.8. The van der Waals surface area contributed by atoms with Crippen LogP contribution in [0.3, 0.4) is 0 Å². The molecule has 1 aliphatic carbocycles. The van der Waals surface area contributed by atoms with E-state index in [0.717, 1.165) is 42.3 Å². The molecule has 2 N–H and O–H groups in total. The predicted molar refractivity (Wildman–Crippen MR) is 121 cm³/mol. The summed E-state index contributed by atoms with van der Waals surface area (Å²) >= 11 is 0. The van der Waals surface area contributed by atoms with Gasteiger partial charge in [-0.25, -0.2) is 9.78 Å². The first-order valence-electron chi connectivity index (χ1n) is 11.2. The van der Waals surface area contributed by atoms with Crippen molar-refractivity contribution in [1.82, 2.24) is 20.2 Å². The number of carbonyl (C=O) groups excluding carboxylic acids is 2. The van der Waals surface area contributed by atoms with Crippen LogP contribution < -0.4 is 5.32 Å². The molecule has 2 amide bonds. The zero-order valence-corrected chi connectivity index (χ0v) is 18.4. The van der Waals surface area contributed by atoms with E-state index >= 15 is 0 Å². The van der Waals surface area contributed by atoms with Crippen molar-refractivity contribution in [2.75, 3.05) is 0 Å². The summed E-state index contributed by atoms with van der Waals surface area (Å²) in [7, 11) is 0. The van der Waals surface area contributed by atoms with Gasteiger partial charge in [-0.2, -0.15) is 0 Å². The second-order valence-electron chi connectivity index (χ2n) is 9.27. The number of carbonyl (C=O) groups is 2. The van der Waals surface area contributed by atoms with E-state index in [2.05, 4.69) is 27.4 Å². The molecule has 7 heteroatoms. The molecule has 0 spiro atoms. The molecule has 0 bridgehead atoms. The number of para-hydroxylation sites is 2. The summed E-state index contributed by atoms with van der Waals surface area (Å²) in [4.78, 5) is 34.9. The zero-order chi connectivity index (χ0) is 22.3. The summed E-state index contributed by atoms with van der Waals surface area (Å²) in [5.41, 5.74) is 2.13. The summed E-state index contributed by atoms with van der Waals surface area (Å²) in [6.45, 7) is 3.95. The van der Waals surface area contributed by atoms with Crippen LogP contribution in [0.4, 0.5) is 4.79 Å². The van der Waals surface area contributed by atoms with Gasteiger partial charge in [0, 0.05) is 12.1 Å². The van der Waals surface area contributed by atoms with Crippen LogP contribution in [0, 0.1) is 0 Å². The first-order chi connectivity index (χ1) is 15.4. The van der Waals surface area contributed by atoms with Gasteiger partial charge in [0.2, 0.25) is 0 Å². The highest BCUT2D eigenvalue weighted by atomic mass is 16.6. The monoisotopic (exact) mass is 432 g/mol. The van der Waals surface area contributed by atoms with Gasteiger partial charge >= 0.3 is 6.09 Å². The van der Waals surface area contributed by atoms with Crippen molar-refractivity contribution in [3.8, 4) is 0 Å². The van der Waals surface area contributed by atoms with E-state index in [1.807, 2.05) is 61.2 Å². The van der Waals surface area contributed by atoms with Gasteiger partial charge in [-0.3, -0.25) is 9.69 Å². The molecule has 3 aromatic rings. The highest BCUT2D eigenvalue weighted by molar-refractivity contribution is 5.94. The number of fused-ring (bicyclic) bond motifs is 1. The molecule has 32 heavy (non-hydrogen) atoms. The Balaban J connectivity index is 1.25. The van der Waals surface area contributed by atoms with Crippen LogP contribution in [-0.2, 0) is 4.74 Å². The first kappa shape index (κ1) is 20.5. The summed E-state index contributed by atoms with van der Waals surface area (Å²) < 4.78 is 5.76. The van der Waals surface area contributed by atoms with E-state index < -0.39 is 5.60 Å². The summed E-state index contributed by atoms with van der Waals surface area (Å²) in [6, 6.07) is 17.7. The van der Waals surface area contributed by atoms with Gasteiger partial charge < -0.3 is 15.0 Å². The highest BCUT2D eigenvalue weighted by Crippen LogP contribution is 2.44. The fourth-order valence-electron chi connectivity index (χ4n) is 5.14. The Kier molecular flexibility index (Phi) is 5.12. The van der Waals surface area contributed by atoms with Gasteiger partial charge in [0.05, 0.1) is 17.1 Å². The van der Waals surface area contributed by atoms with Crippen LogP contribution in [0.1, 0.15) is 61.8 Å². The van der Waals surface area contributed by atoms with Crippen molar-refractivity contribution in [2.45, 2.75) is 63.3 Å². The number of imidazole rings is 1.